The molecule has 0 saturated carbocycles. The van der Waals surface area contributed by atoms with Crippen LogP contribution in [0.25, 0.3) is 0 Å². The molecule has 0 amide bonds. The van der Waals surface area contributed by atoms with Gasteiger partial charge in [-0.3, -0.25) is 4.90 Å². The Hall–Kier alpha value is -0.905. The first-order valence-electron chi connectivity index (χ1n) is 5.96. The van der Waals surface area contributed by atoms with Gasteiger partial charge in [0.25, 0.3) is 0 Å². The number of rotatable bonds is 3. The first-order valence-corrected chi connectivity index (χ1v) is 5.96. The van der Waals surface area contributed by atoms with Crippen LogP contribution in [0.1, 0.15) is 25.3 Å². The topological polar surface area (TPSA) is 43.7 Å². The van der Waals surface area contributed by atoms with Crippen molar-refractivity contribution in [2.24, 2.45) is 0 Å². The Kier molecular flexibility index (Phi) is 3.81. The number of hydrogen-bond acceptors (Lipinski definition) is 3. The predicted octanol–water partition coefficient (Wildman–Crippen LogP) is 0.490. The van der Waals surface area contributed by atoms with E-state index in [4.69, 9.17) is 0 Å². The van der Waals surface area contributed by atoms with Gasteiger partial charge in [-0.15, -0.1) is 0 Å². The van der Waals surface area contributed by atoms with Crippen LogP contribution in [0.2, 0.25) is 0 Å². The van der Waals surface area contributed by atoms with Gasteiger partial charge in [0.1, 0.15) is 5.82 Å². The molecule has 92 valence electrons. The molecule has 1 unspecified atom stereocenters. The van der Waals surface area contributed by atoms with Crippen molar-refractivity contribution in [3.8, 4) is 0 Å². The molecule has 1 aromatic rings. The lowest BCUT2D eigenvalue weighted by molar-refractivity contribution is 0.260. The van der Waals surface area contributed by atoms with Gasteiger partial charge in [0, 0.05) is 12.6 Å². The molecule has 2 N–H and O–H groups in total. The summed E-state index contributed by atoms with van der Waals surface area (Å²) in [6, 6.07) is 4.70. The van der Waals surface area contributed by atoms with Crippen LogP contribution < -0.4 is 5.46 Å². The number of nitrogens with zero attached hydrogens (tertiary/aromatic N) is 1. The largest absolute Gasteiger partial charge is 0.488 e. The third-order valence-electron chi connectivity index (χ3n) is 3.45. The number of likely N-dealkylation sites (tertiary alicyclic amines) is 1. The lowest BCUT2D eigenvalue weighted by Crippen LogP contribution is -2.37. The Morgan fingerprint density at radius 3 is 2.82 bits per heavy atom. The third-order valence-corrected chi connectivity index (χ3v) is 3.45. The van der Waals surface area contributed by atoms with Crippen LogP contribution in [-0.2, 0) is 6.54 Å². The summed E-state index contributed by atoms with van der Waals surface area (Å²) >= 11 is 0. The van der Waals surface area contributed by atoms with Crippen LogP contribution >= 0.6 is 0 Å². The average Bonchev–Trinajstić information content (AvgIpc) is 2.67. The third kappa shape index (κ3) is 2.86. The minimum atomic E-state index is -1.61. The van der Waals surface area contributed by atoms with Crippen molar-refractivity contribution < 1.29 is 14.4 Å². The second kappa shape index (κ2) is 5.17. The Labute approximate surface area is 101 Å². The molecule has 1 aliphatic heterocycles. The quantitative estimate of drug-likeness (QED) is 0.752. The molecule has 5 heteroatoms. The van der Waals surface area contributed by atoms with E-state index < -0.39 is 12.9 Å². The van der Waals surface area contributed by atoms with Gasteiger partial charge in [0.15, 0.2) is 0 Å². The van der Waals surface area contributed by atoms with E-state index in [2.05, 4.69) is 11.8 Å². The Bertz CT molecular complexity index is 400. The Balaban J connectivity index is 2.19. The zero-order chi connectivity index (χ0) is 12.4. The highest BCUT2D eigenvalue weighted by Gasteiger charge is 2.23. The molecular formula is C12H17BFNO2. The van der Waals surface area contributed by atoms with Crippen molar-refractivity contribution in [3.63, 3.8) is 0 Å². The molecule has 1 saturated heterocycles. The molecule has 3 nitrogen and oxygen atoms in total. The molecule has 0 aliphatic carbocycles. The monoisotopic (exact) mass is 237 g/mol. The van der Waals surface area contributed by atoms with E-state index in [-0.39, 0.29) is 5.46 Å². The Morgan fingerprint density at radius 1 is 1.47 bits per heavy atom. The average molecular weight is 237 g/mol. The molecule has 1 aromatic carbocycles. The van der Waals surface area contributed by atoms with E-state index in [0.29, 0.717) is 12.6 Å². The molecule has 0 aromatic heterocycles. The lowest BCUT2D eigenvalue weighted by atomic mass is 9.77. The normalized spacial score (nSPS) is 20.8. The summed E-state index contributed by atoms with van der Waals surface area (Å²) in [7, 11) is -1.61. The van der Waals surface area contributed by atoms with Crippen molar-refractivity contribution in [2.75, 3.05) is 6.54 Å². The summed E-state index contributed by atoms with van der Waals surface area (Å²) in [5.74, 6) is -0.439. The Morgan fingerprint density at radius 2 is 2.24 bits per heavy atom. The van der Waals surface area contributed by atoms with Crippen LogP contribution in [0, 0.1) is 5.82 Å². The minimum Gasteiger partial charge on any atom is -0.423 e. The summed E-state index contributed by atoms with van der Waals surface area (Å²) in [6.45, 7) is 3.82. The van der Waals surface area contributed by atoms with Gasteiger partial charge >= 0.3 is 7.12 Å². The highest BCUT2D eigenvalue weighted by atomic mass is 19.1. The zero-order valence-electron chi connectivity index (χ0n) is 9.93. The van der Waals surface area contributed by atoms with Crippen molar-refractivity contribution >= 4 is 12.6 Å². The van der Waals surface area contributed by atoms with Crippen LogP contribution in [0.4, 0.5) is 4.39 Å². The lowest BCUT2D eigenvalue weighted by Gasteiger charge is -2.22. The second-order valence-electron chi connectivity index (χ2n) is 4.68. The second-order valence-corrected chi connectivity index (χ2v) is 4.68. The van der Waals surface area contributed by atoms with Crippen LogP contribution in [-0.4, -0.2) is 34.7 Å². The van der Waals surface area contributed by atoms with E-state index in [1.807, 2.05) is 0 Å². The van der Waals surface area contributed by atoms with Crippen molar-refractivity contribution in [3.05, 3.63) is 29.6 Å². The fraction of sp³-hybridized carbons (Fsp3) is 0.500. The first-order chi connectivity index (χ1) is 8.08. The minimum absolute atomic E-state index is 0.268. The zero-order valence-corrected chi connectivity index (χ0v) is 9.93. The first kappa shape index (κ1) is 12.5. The molecule has 0 bridgehead atoms. The molecular weight excluding hydrogens is 220 g/mol. The van der Waals surface area contributed by atoms with E-state index >= 15 is 0 Å². The van der Waals surface area contributed by atoms with Crippen molar-refractivity contribution in [2.45, 2.75) is 32.4 Å². The molecule has 1 heterocycles. The summed E-state index contributed by atoms with van der Waals surface area (Å²) in [6.07, 6.45) is 2.33. The molecule has 0 spiro atoms. The van der Waals surface area contributed by atoms with E-state index in [1.54, 1.807) is 6.07 Å². The standard InChI is InChI=1S/C12H17BFNO2/c1-9-3-2-6-15(9)8-10-4-5-11(14)7-12(10)13(16)17/h4-5,7,9,16-17H,2-3,6,8H2,1H3. The molecule has 2 rings (SSSR count). The SMILES string of the molecule is CC1CCCN1Cc1ccc(F)cc1B(O)O. The van der Waals surface area contributed by atoms with Crippen molar-refractivity contribution in [1.82, 2.24) is 4.90 Å². The van der Waals surface area contributed by atoms with Crippen LogP contribution in [0.5, 0.6) is 0 Å². The number of halogens is 1. The molecule has 1 atom stereocenters. The predicted molar refractivity (Wildman–Crippen MR) is 65.3 cm³/mol. The fourth-order valence-corrected chi connectivity index (χ4v) is 2.40. The summed E-state index contributed by atoms with van der Waals surface area (Å²) in [4.78, 5) is 2.28. The smallest absolute Gasteiger partial charge is 0.423 e. The van der Waals surface area contributed by atoms with Gasteiger partial charge in [-0.25, -0.2) is 4.39 Å². The highest BCUT2D eigenvalue weighted by Crippen LogP contribution is 2.19. The number of hydrogen-bond donors (Lipinski definition) is 2. The molecule has 1 fully saturated rings. The molecule has 0 radical (unpaired) electrons. The maximum atomic E-state index is 13.1. The maximum Gasteiger partial charge on any atom is 0.488 e. The van der Waals surface area contributed by atoms with Gasteiger partial charge in [0.05, 0.1) is 0 Å². The van der Waals surface area contributed by atoms with Gasteiger partial charge in [-0.05, 0) is 49.5 Å². The van der Waals surface area contributed by atoms with Crippen molar-refractivity contribution in [1.29, 1.82) is 0 Å². The van der Waals surface area contributed by atoms with Gasteiger partial charge in [-0.1, -0.05) is 6.07 Å². The van der Waals surface area contributed by atoms with Crippen LogP contribution in [0.3, 0.4) is 0 Å². The van der Waals surface area contributed by atoms with Gasteiger partial charge in [0.2, 0.25) is 0 Å². The molecule has 1 aliphatic rings. The van der Waals surface area contributed by atoms with Gasteiger partial charge in [-0.2, -0.15) is 0 Å². The van der Waals surface area contributed by atoms with Gasteiger partial charge < -0.3 is 10.0 Å². The number of benzene rings is 1. The maximum absolute atomic E-state index is 13.1. The van der Waals surface area contributed by atoms with E-state index in [9.17, 15) is 14.4 Å². The van der Waals surface area contributed by atoms with Crippen LogP contribution in [0.15, 0.2) is 18.2 Å². The molecule has 17 heavy (non-hydrogen) atoms. The highest BCUT2D eigenvalue weighted by molar-refractivity contribution is 6.59. The summed E-state index contributed by atoms with van der Waals surface area (Å²) in [5, 5.41) is 18.5. The fourth-order valence-electron chi connectivity index (χ4n) is 2.40. The summed E-state index contributed by atoms with van der Waals surface area (Å²) < 4.78 is 13.1. The van der Waals surface area contributed by atoms with E-state index in [1.165, 1.54) is 18.6 Å². The van der Waals surface area contributed by atoms with E-state index in [0.717, 1.165) is 18.5 Å². The summed E-state index contributed by atoms with van der Waals surface area (Å²) in [5.41, 5.74) is 1.05.